The highest BCUT2D eigenvalue weighted by Crippen LogP contribution is 2.14. The van der Waals surface area contributed by atoms with Crippen LogP contribution in [0.4, 0.5) is 0 Å². The van der Waals surface area contributed by atoms with Gasteiger partial charge in [0.2, 0.25) is 0 Å². The maximum atomic E-state index is 11.8. The van der Waals surface area contributed by atoms with Crippen LogP contribution in [0.15, 0.2) is 48.5 Å². The summed E-state index contributed by atoms with van der Waals surface area (Å²) in [6, 6.07) is 15.6. The molecule has 0 aliphatic heterocycles. The van der Waals surface area contributed by atoms with E-state index < -0.39 is 0 Å². The van der Waals surface area contributed by atoms with Crippen LogP contribution in [-0.2, 0) is 17.6 Å². The molecule has 2 aromatic carbocycles. The number of carbonyl (C=O) groups excluding carboxylic acids is 1. The molecule has 0 unspecified atom stereocenters. The van der Waals surface area contributed by atoms with E-state index in [1.807, 2.05) is 48.5 Å². The number of methoxy groups -OCH3 is 1. The van der Waals surface area contributed by atoms with Gasteiger partial charge in [0.25, 0.3) is 5.91 Å². The van der Waals surface area contributed by atoms with Crippen molar-refractivity contribution in [2.24, 2.45) is 0 Å². The van der Waals surface area contributed by atoms with Gasteiger partial charge in [0, 0.05) is 6.54 Å². The van der Waals surface area contributed by atoms with Gasteiger partial charge in [-0.05, 0) is 48.2 Å². The van der Waals surface area contributed by atoms with Gasteiger partial charge < -0.3 is 14.8 Å². The number of benzene rings is 2. The van der Waals surface area contributed by atoms with Crippen LogP contribution in [0.25, 0.3) is 0 Å². The topological polar surface area (TPSA) is 47.6 Å². The smallest absolute Gasteiger partial charge is 0.257 e. The summed E-state index contributed by atoms with van der Waals surface area (Å²) in [6.07, 6.45) is 1.71. The van der Waals surface area contributed by atoms with Crippen molar-refractivity contribution in [2.75, 3.05) is 20.3 Å². The van der Waals surface area contributed by atoms with Crippen molar-refractivity contribution in [3.63, 3.8) is 0 Å². The Labute approximate surface area is 137 Å². The number of carbonyl (C=O) groups is 1. The van der Waals surface area contributed by atoms with E-state index in [0.29, 0.717) is 6.54 Å². The largest absolute Gasteiger partial charge is 0.497 e. The van der Waals surface area contributed by atoms with Crippen LogP contribution >= 0.6 is 0 Å². The Morgan fingerprint density at radius 1 is 1.04 bits per heavy atom. The van der Waals surface area contributed by atoms with Crippen LogP contribution < -0.4 is 14.8 Å². The van der Waals surface area contributed by atoms with Gasteiger partial charge in [0.05, 0.1) is 7.11 Å². The summed E-state index contributed by atoms with van der Waals surface area (Å²) in [5.74, 6) is 1.44. The van der Waals surface area contributed by atoms with Crippen molar-refractivity contribution >= 4 is 5.91 Å². The second-order valence-corrected chi connectivity index (χ2v) is 5.24. The maximum absolute atomic E-state index is 11.8. The fourth-order valence-electron chi connectivity index (χ4n) is 2.23. The first kappa shape index (κ1) is 16.9. The summed E-state index contributed by atoms with van der Waals surface area (Å²) in [7, 11) is 1.64. The third-order valence-corrected chi connectivity index (χ3v) is 3.55. The average molecular weight is 313 g/mol. The molecule has 0 fully saturated rings. The lowest BCUT2D eigenvalue weighted by Crippen LogP contribution is -2.30. The normalized spacial score (nSPS) is 10.2. The molecule has 2 rings (SSSR count). The number of rotatable bonds is 8. The molecule has 1 N–H and O–H groups in total. The number of amides is 1. The summed E-state index contributed by atoms with van der Waals surface area (Å²) in [6.45, 7) is 2.69. The van der Waals surface area contributed by atoms with Gasteiger partial charge in [0.15, 0.2) is 6.61 Å². The Morgan fingerprint density at radius 3 is 2.48 bits per heavy atom. The highest BCUT2D eigenvalue weighted by Gasteiger charge is 2.03. The summed E-state index contributed by atoms with van der Waals surface area (Å²) in [4.78, 5) is 11.8. The zero-order valence-corrected chi connectivity index (χ0v) is 13.7. The zero-order chi connectivity index (χ0) is 16.5. The molecule has 0 saturated carbocycles. The Kier molecular flexibility index (Phi) is 6.48. The van der Waals surface area contributed by atoms with Crippen molar-refractivity contribution in [1.29, 1.82) is 0 Å². The highest BCUT2D eigenvalue weighted by molar-refractivity contribution is 5.77. The molecular weight excluding hydrogens is 290 g/mol. The van der Waals surface area contributed by atoms with E-state index in [1.54, 1.807) is 7.11 Å². The minimum Gasteiger partial charge on any atom is -0.497 e. The van der Waals surface area contributed by atoms with Crippen molar-refractivity contribution < 1.29 is 14.3 Å². The first-order valence-corrected chi connectivity index (χ1v) is 7.82. The number of hydrogen-bond donors (Lipinski definition) is 1. The van der Waals surface area contributed by atoms with E-state index in [1.165, 1.54) is 5.56 Å². The standard InChI is InChI=1S/C19H23NO3/c1-3-15-6-4-9-18(12-15)23-14-19(21)20-11-10-16-7-5-8-17(13-16)22-2/h4-9,12-13H,3,10-11,14H2,1-2H3,(H,20,21). The molecule has 122 valence electrons. The molecule has 23 heavy (non-hydrogen) atoms. The lowest BCUT2D eigenvalue weighted by molar-refractivity contribution is -0.123. The quantitative estimate of drug-likeness (QED) is 0.815. The Hall–Kier alpha value is -2.49. The molecule has 4 heteroatoms. The average Bonchev–Trinajstić information content (AvgIpc) is 2.60. The number of aryl methyl sites for hydroxylation is 1. The van der Waals surface area contributed by atoms with E-state index in [-0.39, 0.29) is 12.5 Å². The summed E-state index contributed by atoms with van der Waals surface area (Å²) in [5.41, 5.74) is 2.32. The maximum Gasteiger partial charge on any atom is 0.257 e. The molecule has 0 saturated heterocycles. The van der Waals surface area contributed by atoms with Crippen LogP contribution in [0.1, 0.15) is 18.1 Å². The third kappa shape index (κ3) is 5.66. The van der Waals surface area contributed by atoms with Crippen molar-refractivity contribution in [1.82, 2.24) is 5.32 Å². The minimum absolute atomic E-state index is 0.0330. The van der Waals surface area contributed by atoms with Gasteiger partial charge >= 0.3 is 0 Å². The Morgan fingerprint density at radius 2 is 1.74 bits per heavy atom. The minimum atomic E-state index is -0.116. The zero-order valence-electron chi connectivity index (χ0n) is 13.7. The molecule has 1 amide bonds. The SMILES string of the molecule is CCc1cccc(OCC(=O)NCCc2cccc(OC)c2)c1. The van der Waals surface area contributed by atoms with Gasteiger partial charge in [-0.1, -0.05) is 31.2 Å². The van der Waals surface area contributed by atoms with Gasteiger partial charge in [-0.2, -0.15) is 0 Å². The Bertz CT molecular complexity index is 640. The fourth-order valence-corrected chi connectivity index (χ4v) is 2.23. The molecular formula is C19H23NO3. The molecule has 2 aromatic rings. The predicted octanol–water partition coefficient (Wildman–Crippen LogP) is 3.00. The molecule has 0 bridgehead atoms. The molecule has 0 aliphatic carbocycles. The second-order valence-electron chi connectivity index (χ2n) is 5.24. The van der Waals surface area contributed by atoms with Crippen LogP contribution in [0, 0.1) is 0 Å². The van der Waals surface area contributed by atoms with Gasteiger partial charge in [0.1, 0.15) is 11.5 Å². The van der Waals surface area contributed by atoms with Crippen LogP contribution in [0.2, 0.25) is 0 Å². The molecule has 4 nitrogen and oxygen atoms in total. The summed E-state index contributed by atoms with van der Waals surface area (Å²) in [5, 5.41) is 2.86. The van der Waals surface area contributed by atoms with E-state index in [2.05, 4.69) is 12.2 Å². The van der Waals surface area contributed by atoms with Crippen LogP contribution in [-0.4, -0.2) is 26.2 Å². The molecule has 0 heterocycles. The van der Waals surface area contributed by atoms with Crippen molar-refractivity contribution in [3.8, 4) is 11.5 Å². The lowest BCUT2D eigenvalue weighted by atomic mass is 10.1. The highest BCUT2D eigenvalue weighted by atomic mass is 16.5. The number of nitrogens with one attached hydrogen (secondary N) is 1. The van der Waals surface area contributed by atoms with E-state index in [9.17, 15) is 4.79 Å². The summed E-state index contributed by atoms with van der Waals surface area (Å²) >= 11 is 0. The van der Waals surface area contributed by atoms with E-state index in [4.69, 9.17) is 9.47 Å². The second kappa shape index (κ2) is 8.83. The van der Waals surface area contributed by atoms with Crippen LogP contribution in [0.3, 0.4) is 0 Å². The fraction of sp³-hybridized carbons (Fsp3) is 0.316. The van der Waals surface area contributed by atoms with Gasteiger partial charge in [-0.3, -0.25) is 4.79 Å². The molecule has 0 aromatic heterocycles. The predicted molar refractivity (Wildman–Crippen MR) is 91.0 cm³/mol. The Balaban J connectivity index is 1.72. The molecule has 0 aliphatic rings. The monoisotopic (exact) mass is 313 g/mol. The van der Waals surface area contributed by atoms with Crippen molar-refractivity contribution in [3.05, 3.63) is 59.7 Å². The van der Waals surface area contributed by atoms with E-state index in [0.717, 1.165) is 29.9 Å². The van der Waals surface area contributed by atoms with E-state index >= 15 is 0 Å². The molecule has 0 radical (unpaired) electrons. The molecule has 0 spiro atoms. The summed E-state index contributed by atoms with van der Waals surface area (Å²) < 4.78 is 10.7. The van der Waals surface area contributed by atoms with Crippen LogP contribution in [0.5, 0.6) is 11.5 Å². The van der Waals surface area contributed by atoms with Gasteiger partial charge in [-0.15, -0.1) is 0 Å². The number of hydrogen-bond acceptors (Lipinski definition) is 3. The lowest BCUT2D eigenvalue weighted by Gasteiger charge is -2.09. The number of ether oxygens (including phenoxy) is 2. The molecule has 0 atom stereocenters. The first-order chi connectivity index (χ1) is 11.2. The van der Waals surface area contributed by atoms with Gasteiger partial charge in [-0.25, -0.2) is 0 Å². The first-order valence-electron chi connectivity index (χ1n) is 7.82. The third-order valence-electron chi connectivity index (χ3n) is 3.55. The van der Waals surface area contributed by atoms with Crippen molar-refractivity contribution in [2.45, 2.75) is 19.8 Å².